The number of carbonyl (C=O) groups is 1. The van der Waals surface area contributed by atoms with Gasteiger partial charge in [-0.2, -0.15) is 0 Å². The van der Waals surface area contributed by atoms with Crippen molar-refractivity contribution in [1.82, 2.24) is 0 Å². The lowest BCUT2D eigenvalue weighted by Gasteiger charge is -2.46. The van der Waals surface area contributed by atoms with E-state index in [-0.39, 0.29) is 10.7 Å². The van der Waals surface area contributed by atoms with Crippen molar-refractivity contribution in [3.63, 3.8) is 0 Å². The molecule has 19 heavy (non-hydrogen) atoms. The van der Waals surface area contributed by atoms with Crippen molar-refractivity contribution < 1.29 is 4.79 Å². The normalized spacial score (nSPS) is 33.3. The van der Waals surface area contributed by atoms with Gasteiger partial charge in [-0.25, -0.2) is 0 Å². The van der Waals surface area contributed by atoms with Crippen LogP contribution in [0.5, 0.6) is 0 Å². The molecule has 110 valence electrons. The van der Waals surface area contributed by atoms with Gasteiger partial charge in [0, 0.05) is 6.42 Å². The van der Waals surface area contributed by atoms with Crippen LogP contribution in [-0.4, -0.2) is 5.24 Å². The monoisotopic (exact) mass is 284 g/mol. The Kier molecular flexibility index (Phi) is 5.74. The van der Waals surface area contributed by atoms with Gasteiger partial charge in [0.05, 0.1) is 0 Å². The van der Waals surface area contributed by atoms with Crippen LogP contribution >= 0.6 is 11.6 Å². The van der Waals surface area contributed by atoms with E-state index in [2.05, 4.69) is 6.92 Å². The molecule has 1 nitrogen and oxygen atoms in total. The van der Waals surface area contributed by atoms with Crippen molar-refractivity contribution in [1.29, 1.82) is 0 Å². The third-order valence-corrected chi connectivity index (χ3v) is 5.89. The van der Waals surface area contributed by atoms with E-state index in [0.29, 0.717) is 6.42 Å². The summed E-state index contributed by atoms with van der Waals surface area (Å²) in [6.45, 7) is 2.28. The Morgan fingerprint density at radius 1 is 1.11 bits per heavy atom. The first kappa shape index (κ1) is 15.4. The second kappa shape index (κ2) is 7.11. The van der Waals surface area contributed by atoms with Gasteiger partial charge < -0.3 is 0 Å². The highest BCUT2D eigenvalue weighted by Crippen LogP contribution is 2.52. The van der Waals surface area contributed by atoms with Crippen LogP contribution in [0.25, 0.3) is 0 Å². The van der Waals surface area contributed by atoms with Crippen molar-refractivity contribution in [2.75, 3.05) is 0 Å². The summed E-state index contributed by atoms with van der Waals surface area (Å²) < 4.78 is 0. The summed E-state index contributed by atoms with van der Waals surface area (Å²) in [4.78, 5) is 11.5. The maximum absolute atomic E-state index is 11.5. The molecule has 0 aromatic heterocycles. The van der Waals surface area contributed by atoms with Crippen LogP contribution in [0, 0.1) is 17.3 Å². The van der Waals surface area contributed by atoms with E-state index in [9.17, 15) is 4.79 Å². The summed E-state index contributed by atoms with van der Waals surface area (Å²) in [7, 11) is 0. The van der Waals surface area contributed by atoms with Crippen LogP contribution in [0.3, 0.4) is 0 Å². The van der Waals surface area contributed by atoms with Crippen molar-refractivity contribution >= 4 is 16.8 Å². The van der Waals surface area contributed by atoms with E-state index in [1.54, 1.807) is 0 Å². The Bertz CT molecular complexity index is 286. The number of rotatable bonds is 5. The lowest BCUT2D eigenvalue weighted by Crippen LogP contribution is -2.37. The van der Waals surface area contributed by atoms with Gasteiger partial charge >= 0.3 is 0 Å². The molecule has 0 bridgehead atoms. The van der Waals surface area contributed by atoms with Crippen molar-refractivity contribution in [3.05, 3.63) is 0 Å². The molecule has 0 radical (unpaired) electrons. The molecule has 0 aromatic carbocycles. The molecular formula is C17H29ClO. The minimum atomic E-state index is -0.0977. The molecule has 0 saturated heterocycles. The van der Waals surface area contributed by atoms with Gasteiger partial charge in [0.1, 0.15) is 0 Å². The molecule has 0 heterocycles. The molecule has 0 aliphatic heterocycles. The third-order valence-electron chi connectivity index (χ3n) is 5.76. The summed E-state index contributed by atoms with van der Waals surface area (Å²) in [6.07, 6.45) is 15.3. The minimum Gasteiger partial charge on any atom is -0.281 e. The Balaban J connectivity index is 2.01. The van der Waals surface area contributed by atoms with Crippen LogP contribution in [0.4, 0.5) is 0 Å². The first-order chi connectivity index (χ1) is 9.16. The van der Waals surface area contributed by atoms with Gasteiger partial charge in [-0.15, -0.1) is 0 Å². The van der Waals surface area contributed by atoms with E-state index in [1.165, 1.54) is 70.6 Å². The molecule has 0 atom stereocenters. The number of hydrogen-bond acceptors (Lipinski definition) is 1. The molecule has 0 N–H and O–H groups in total. The fraction of sp³-hybridized carbons (Fsp3) is 0.941. The molecule has 2 rings (SSSR count). The maximum atomic E-state index is 11.5. The first-order valence-electron chi connectivity index (χ1n) is 8.34. The molecule has 2 aliphatic rings. The van der Waals surface area contributed by atoms with E-state index >= 15 is 0 Å². The number of halogens is 1. The van der Waals surface area contributed by atoms with Crippen LogP contribution in [0.1, 0.15) is 84.0 Å². The van der Waals surface area contributed by atoms with Gasteiger partial charge in [0.25, 0.3) is 0 Å². The summed E-state index contributed by atoms with van der Waals surface area (Å²) in [5, 5.41) is -0.0977. The predicted molar refractivity (Wildman–Crippen MR) is 81.4 cm³/mol. The number of hydrogen-bond donors (Lipinski definition) is 0. The van der Waals surface area contributed by atoms with Gasteiger partial charge in [-0.1, -0.05) is 39.0 Å². The second-order valence-electron chi connectivity index (χ2n) is 6.96. The lowest BCUT2D eigenvalue weighted by molar-refractivity contribution is -0.116. The highest BCUT2D eigenvalue weighted by atomic mass is 35.5. The first-order valence-corrected chi connectivity index (χ1v) is 8.72. The largest absolute Gasteiger partial charge is 0.281 e. The standard InChI is InChI=1S/C17H29ClO/c1-2-6-14-9-11-17(12-10-14,13-16(18)19)15-7-4-3-5-8-15/h14-15H,2-13H2,1H3. The summed E-state index contributed by atoms with van der Waals surface area (Å²) in [5.41, 5.74) is 0.267. The zero-order chi connectivity index (χ0) is 13.7. The van der Waals surface area contributed by atoms with E-state index < -0.39 is 0 Å². The fourth-order valence-electron chi connectivity index (χ4n) is 4.67. The molecular weight excluding hydrogens is 256 g/mol. The molecule has 0 aromatic rings. The zero-order valence-electron chi connectivity index (χ0n) is 12.4. The van der Waals surface area contributed by atoms with E-state index in [1.807, 2.05) is 0 Å². The molecule has 0 spiro atoms. The molecule has 2 aliphatic carbocycles. The van der Waals surface area contributed by atoms with E-state index in [0.717, 1.165) is 11.8 Å². The van der Waals surface area contributed by atoms with Crippen LogP contribution in [-0.2, 0) is 4.79 Å². The van der Waals surface area contributed by atoms with E-state index in [4.69, 9.17) is 11.6 Å². The second-order valence-corrected chi connectivity index (χ2v) is 7.38. The maximum Gasteiger partial charge on any atom is 0.222 e. The molecule has 2 heteroatoms. The highest BCUT2D eigenvalue weighted by molar-refractivity contribution is 6.63. The molecule has 2 fully saturated rings. The Morgan fingerprint density at radius 3 is 2.26 bits per heavy atom. The number of carbonyl (C=O) groups excluding carboxylic acids is 1. The topological polar surface area (TPSA) is 17.1 Å². The average Bonchev–Trinajstić information content (AvgIpc) is 2.42. The van der Waals surface area contributed by atoms with Gasteiger partial charge in [0.2, 0.25) is 5.24 Å². The summed E-state index contributed by atoms with van der Waals surface area (Å²) in [5.74, 6) is 1.68. The van der Waals surface area contributed by atoms with Crippen LogP contribution < -0.4 is 0 Å². The van der Waals surface area contributed by atoms with Gasteiger partial charge in [0.15, 0.2) is 0 Å². The van der Waals surface area contributed by atoms with Crippen LogP contribution in [0.2, 0.25) is 0 Å². The SMILES string of the molecule is CCCC1CCC(CC(=O)Cl)(C2CCCCC2)CC1. The fourth-order valence-corrected chi connectivity index (χ4v) is 4.94. The summed E-state index contributed by atoms with van der Waals surface area (Å²) >= 11 is 5.78. The van der Waals surface area contributed by atoms with Crippen LogP contribution in [0.15, 0.2) is 0 Å². The average molecular weight is 285 g/mol. The predicted octanol–water partition coefficient (Wildman–Crippen LogP) is 5.70. The third kappa shape index (κ3) is 3.97. The minimum absolute atomic E-state index is 0.0977. The van der Waals surface area contributed by atoms with Crippen molar-refractivity contribution in [2.45, 2.75) is 84.0 Å². The zero-order valence-corrected chi connectivity index (χ0v) is 13.2. The summed E-state index contributed by atoms with van der Waals surface area (Å²) in [6, 6.07) is 0. The Hall–Kier alpha value is -0.0400. The molecule has 0 amide bonds. The molecule has 0 unspecified atom stereocenters. The van der Waals surface area contributed by atoms with Crippen molar-refractivity contribution in [3.8, 4) is 0 Å². The molecule has 2 saturated carbocycles. The van der Waals surface area contributed by atoms with Gasteiger partial charge in [-0.3, -0.25) is 4.79 Å². The lowest BCUT2D eigenvalue weighted by atomic mass is 9.58. The Labute approximate surface area is 123 Å². The quantitative estimate of drug-likeness (QED) is 0.592. The van der Waals surface area contributed by atoms with Crippen molar-refractivity contribution in [2.24, 2.45) is 17.3 Å². The van der Waals surface area contributed by atoms with Gasteiger partial charge in [-0.05, 0) is 67.4 Å². The smallest absolute Gasteiger partial charge is 0.222 e. The Morgan fingerprint density at radius 2 is 1.74 bits per heavy atom. The highest BCUT2D eigenvalue weighted by Gasteiger charge is 2.42.